The number of carboxylic acid groups (broad SMARTS) is 1. The van der Waals surface area contributed by atoms with Gasteiger partial charge in [0.1, 0.15) is 5.75 Å². The van der Waals surface area contributed by atoms with E-state index < -0.39 is 5.97 Å². The lowest BCUT2D eigenvalue weighted by Crippen LogP contribution is -2.26. The van der Waals surface area contributed by atoms with E-state index in [4.69, 9.17) is 21.4 Å². The molecule has 0 heterocycles. The largest absolute Gasteiger partial charge is 0.491 e. The fraction of sp³-hybridized carbons (Fsp3) is 0.206. The van der Waals surface area contributed by atoms with E-state index in [0.717, 1.165) is 23.1 Å². The van der Waals surface area contributed by atoms with Crippen molar-refractivity contribution in [3.8, 4) is 16.9 Å². The zero-order valence-electron chi connectivity index (χ0n) is 23.6. The van der Waals surface area contributed by atoms with Gasteiger partial charge in [-0.25, -0.2) is 0 Å². The molecule has 0 bridgehead atoms. The third-order valence-corrected chi connectivity index (χ3v) is 7.04. The summed E-state index contributed by atoms with van der Waals surface area (Å²) in [6.45, 7) is 2.39. The van der Waals surface area contributed by atoms with Gasteiger partial charge in [-0.2, -0.15) is 0 Å². The number of rotatable bonds is 12. The molecule has 2 amide bonds. The van der Waals surface area contributed by atoms with Gasteiger partial charge in [0, 0.05) is 41.4 Å². The third kappa shape index (κ3) is 7.98. The molecule has 8 heteroatoms. The average Bonchev–Trinajstić information content (AvgIpc) is 2.99. The molecule has 0 atom stereocenters. The van der Waals surface area contributed by atoms with Crippen LogP contribution in [0.4, 0.5) is 11.4 Å². The molecule has 4 aromatic carbocycles. The maximum absolute atomic E-state index is 13.3. The number of unbranched alkanes of at least 4 members (excludes halogenated alkanes) is 2. The number of hydrogen-bond acceptors (Lipinski definition) is 4. The number of hydrogen-bond donors (Lipinski definition) is 2. The number of carbonyl (C=O) groups excluding carboxylic acids is 2. The number of halogens is 1. The molecule has 2 N–H and O–H groups in total. The van der Waals surface area contributed by atoms with Crippen LogP contribution < -0.4 is 15.0 Å². The monoisotopic (exact) mass is 584 g/mol. The number of nitrogens with one attached hydrogen (secondary N) is 1. The number of carbonyl (C=O) groups is 3. The Morgan fingerprint density at radius 3 is 2.31 bits per heavy atom. The smallest absolute Gasteiger partial charge is 0.303 e. The van der Waals surface area contributed by atoms with Crippen LogP contribution in [0.3, 0.4) is 0 Å². The van der Waals surface area contributed by atoms with Crippen LogP contribution in [0.2, 0.25) is 5.02 Å². The second-order valence-corrected chi connectivity index (χ2v) is 10.4. The summed E-state index contributed by atoms with van der Waals surface area (Å²) >= 11 is 6.19. The Hall–Kier alpha value is -4.62. The first-order chi connectivity index (χ1) is 20.2. The maximum Gasteiger partial charge on any atom is 0.303 e. The van der Waals surface area contributed by atoms with Crippen LogP contribution in [0.5, 0.6) is 5.75 Å². The number of benzene rings is 4. The van der Waals surface area contributed by atoms with Crippen molar-refractivity contribution >= 4 is 40.8 Å². The molecule has 4 aromatic rings. The van der Waals surface area contributed by atoms with Gasteiger partial charge in [0.15, 0.2) is 0 Å². The molecule has 0 fully saturated rings. The molecular weight excluding hydrogens is 552 g/mol. The quantitative estimate of drug-likeness (QED) is 0.165. The Balaban J connectivity index is 1.42. The summed E-state index contributed by atoms with van der Waals surface area (Å²) in [7, 11) is 1.66. The lowest BCUT2D eigenvalue weighted by molar-refractivity contribution is -0.137. The molecular formula is C34H33ClN2O5. The molecule has 0 radical (unpaired) electrons. The van der Waals surface area contributed by atoms with E-state index in [1.807, 2.05) is 49.4 Å². The van der Waals surface area contributed by atoms with Crippen LogP contribution in [0.25, 0.3) is 11.1 Å². The highest BCUT2D eigenvalue weighted by Gasteiger charge is 2.19. The number of anilines is 2. The van der Waals surface area contributed by atoms with Crippen molar-refractivity contribution in [3.05, 3.63) is 113 Å². The molecule has 216 valence electrons. The Bertz CT molecular complexity index is 1550. The van der Waals surface area contributed by atoms with Crippen LogP contribution in [0.15, 0.2) is 91.0 Å². The summed E-state index contributed by atoms with van der Waals surface area (Å²) in [6, 6.07) is 27.3. The van der Waals surface area contributed by atoms with E-state index in [2.05, 4.69) is 5.32 Å². The highest BCUT2D eigenvalue weighted by Crippen LogP contribution is 2.32. The molecule has 0 saturated heterocycles. The molecule has 0 saturated carbocycles. The lowest BCUT2D eigenvalue weighted by Gasteiger charge is -2.21. The van der Waals surface area contributed by atoms with Gasteiger partial charge < -0.3 is 20.1 Å². The summed E-state index contributed by atoms with van der Waals surface area (Å²) in [5.74, 6) is -0.848. The first-order valence-corrected chi connectivity index (χ1v) is 14.1. The van der Waals surface area contributed by atoms with Crippen LogP contribution in [0.1, 0.15) is 52.0 Å². The summed E-state index contributed by atoms with van der Waals surface area (Å²) in [6.07, 6.45) is 2.11. The van der Waals surface area contributed by atoms with Gasteiger partial charge in [-0.15, -0.1) is 0 Å². The van der Waals surface area contributed by atoms with Crippen molar-refractivity contribution in [2.24, 2.45) is 0 Å². The van der Waals surface area contributed by atoms with E-state index in [0.29, 0.717) is 52.7 Å². The van der Waals surface area contributed by atoms with Gasteiger partial charge >= 0.3 is 5.97 Å². The first kappa shape index (κ1) is 30.3. The lowest BCUT2D eigenvalue weighted by atomic mass is 9.98. The minimum absolute atomic E-state index is 0.128. The molecule has 0 aliphatic carbocycles. The van der Waals surface area contributed by atoms with Gasteiger partial charge in [-0.05, 0) is 79.8 Å². The Morgan fingerprint density at radius 1 is 0.881 bits per heavy atom. The number of carboxylic acids is 1. The second-order valence-electron chi connectivity index (χ2n) is 9.97. The molecule has 7 nitrogen and oxygen atoms in total. The zero-order chi connectivity index (χ0) is 30.1. The molecule has 0 aromatic heterocycles. The first-order valence-electron chi connectivity index (χ1n) is 13.7. The van der Waals surface area contributed by atoms with Crippen molar-refractivity contribution in [1.29, 1.82) is 0 Å². The molecule has 0 aliphatic heterocycles. The van der Waals surface area contributed by atoms with Crippen molar-refractivity contribution in [2.45, 2.75) is 32.6 Å². The fourth-order valence-corrected chi connectivity index (χ4v) is 4.64. The van der Waals surface area contributed by atoms with Crippen LogP contribution >= 0.6 is 11.6 Å². The third-order valence-electron chi connectivity index (χ3n) is 6.80. The topological polar surface area (TPSA) is 95.9 Å². The standard InChI is InChI=1S/C34H33ClN2O5/c1-23-11-13-24(14-12-23)28-8-5-6-9-29(28)33(40)36-27-18-15-25(16-19-27)34(41)37(2)30-20-17-26(35)22-31(30)42-21-7-3-4-10-32(38)39/h5-6,8-9,11-20,22H,3-4,7,10,21H2,1-2H3,(H,36,40)(H,38,39). The van der Waals surface area contributed by atoms with E-state index in [9.17, 15) is 14.4 Å². The van der Waals surface area contributed by atoms with Gasteiger partial charge in [-0.1, -0.05) is 59.6 Å². The number of aliphatic carboxylic acids is 1. The number of aryl methyl sites for hydroxylation is 1. The predicted molar refractivity (Wildman–Crippen MR) is 167 cm³/mol. The van der Waals surface area contributed by atoms with Crippen LogP contribution in [-0.2, 0) is 4.79 Å². The normalized spacial score (nSPS) is 10.6. The van der Waals surface area contributed by atoms with Gasteiger partial charge in [0.25, 0.3) is 11.8 Å². The van der Waals surface area contributed by atoms with Crippen molar-refractivity contribution < 1.29 is 24.2 Å². The molecule has 0 spiro atoms. The van der Waals surface area contributed by atoms with E-state index in [1.165, 1.54) is 4.90 Å². The van der Waals surface area contributed by atoms with E-state index >= 15 is 0 Å². The van der Waals surface area contributed by atoms with E-state index in [-0.39, 0.29) is 18.2 Å². The second kappa shape index (κ2) is 14.3. The molecule has 42 heavy (non-hydrogen) atoms. The predicted octanol–water partition coefficient (Wildman–Crippen LogP) is 7.87. The summed E-state index contributed by atoms with van der Waals surface area (Å²) in [5, 5.41) is 12.2. The maximum atomic E-state index is 13.3. The Morgan fingerprint density at radius 2 is 1.60 bits per heavy atom. The van der Waals surface area contributed by atoms with Crippen LogP contribution in [-0.4, -0.2) is 36.5 Å². The Kier molecular flexibility index (Phi) is 10.3. The van der Waals surface area contributed by atoms with Crippen LogP contribution in [0, 0.1) is 6.92 Å². The highest BCUT2D eigenvalue weighted by atomic mass is 35.5. The van der Waals surface area contributed by atoms with Gasteiger partial charge in [0.2, 0.25) is 0 Å². The SMILES string of the molecule is Cc1ccc(-c2ccccc2C(=O)Nc2ccc(C(=O)N(C)c3ccc(Cl)cc3OCCCCCC(=O)O)cc2)cc1. The molecule has 0 unspecified atom stereocenters. The van der Waals surface area contributed by atoms with Crippen molar-refractivity contribution in [2.75, 3.05) is 23.9 Å². The van der Waals surface area contributed by atoms with Crippen molar-refractivity contribution in [1.82, 2.24) is 0 Å². The minimum Gasteiger partial charge on any atom is -0.491 e. The number of amides is 2. The van der Waals surface area contributed by atoms with Crippen molar-refractivity contribution in [3.63, 3.8) is 0 Å². The number of nitrogens with zero attached hydrogens (tertiary/aromatic N) is 1. The minimum atomic E-state index is -0.813. The fourth-order valence-electron chi connectivity index (χ4n) is 4.48. The summed E-state index contributed by atoms with van der Waals surface area (Å²) < 4.78 is 5.91. The molecule has 0 aliphatic rings. The van der Waals surface area contributed by atoms with Gasteiger partial charge in [0.05, 0.1) is 12.3 Å². The van der Waals surface area contributed by atoms with Gasteiger partial charge in [-0.3, -0.25) is 14.4 Å². The zero-order valence-corrected chi connectivity index (χ0v) is 24.4. The van der Waals surface area contributed by atoms with E-state index in [1.54, 1.807) is 55.6 Å². The summed E-state index contributed by atoms with van der Waals surface area (Å²) in [4.78, 5) is 38.7. The number of ether oxygens (including phenoxy) is 1. The summed E-state index contributed by atoms with van der Waals surface area (Å²) in [5.41, 5.74) is 5.05. The molecule has 4 rings (SSSR count). The Labute approximate surface area is 250 Å². The average molecular weight is 585 g/mol. The highest BCUT2D eigenvalue weighted by molar-refractivity contribution is 6.30.